The molecule has 0 radical (unpaired) electrons. The summed E-state index contributed by atoms with van der Waals surface area (Å²) in [7, 11) is 4.16. The second-order valence-corrected chi connectivity index (χ2v) is 5.83. The number of aliphatic hydroxyl groups excluding tert-OH is 1. The number of fused-ring (bicyclic) bond motifs is 1. The molecule has 0 spiro atoms. The van der Waals surface area contributed by atoms with E-state index in [-0.39, 0.29) is 12.6 Å². The average Bonchev–Trinajstić information content (AvgIpc) is 2.79. The zero-order valence-corrected chi connectivity index (χ0v) is 13.1. The fourth-order valence-electron chi connectivity index (χ4n) is 2.95. The summed E-state index contributed by atoms with van der Waals surface area (Å²) in [6, 6.07) is 7.00. The molecule has 0 amide bonds. The van der Waals surface area contributed by atoms with Crippen LogP contribution in [-0.4, -0.2) is 61.9 Å². The normalized spacial score (nSPS) is 18.4. The lowest BCUT2D eigenvalue weighted by Gasteiger charge is -2.23. The first kappa shape index (κ1) is 16.4. The van der Waals surface area contributed by atoms with Gasteiger partial charge in [-0.3, -0.25) is 4.90 Å². The minimum atomic E-state index is 0.0778. The van der Waals surface area contributed by atoms with Gasteiger partial charge in [0.05, 0.1) is 19.8 Å². The van der Waals surface area contributed by atoms with E-state index in [1.807, 2.05) is 0 Å². The molecular weight excluding hydrogens is 266 g/mol. The Kier molecular flexibility index (Phi) is 6.14. The van der Waals surface area contributed by atoms with Crippen LogP contribution in [0.1, 0.15) is 22.7 Å². The molecule has 0 saturated heterocycles. The van der Waals surface area contributed by atoms with Crippen molar-refractivity contribution in [2.24, 2.45) is 5.73 Å². The molecule has 0 fully saturated rings. The predicted octanol–water partition coefficient (Wildman–Crippen LogP) is 0.573. The van der Waals surface area contributed by atoms with E-state index < -0.39 is 0 Å². The summed E-state index contributed by atoms with van der Waals surface area (Å²) < 4.78 is 5.37. The summed E-state index contributed by atoms with van der Waals surface area (Å²) in [4.78, 5) is 4.54. The Morgan fingerprint density at radius 2 is 2.19 bits per heavy atom. The van der Waals surface area contributed by atoms with Crippen LogP contribution in [0.15, 0.2) is 18.2 Å². The second kappa shape index (κ2) is 7.87. The molecule has 1 unspecified atom stereocenters. The zero-order chi connectivity index (χ0) is 15.2. The van der Waals surface area contributed by atoms with Crippen LogP contribution in [0.3, 0.4) is 0 Å². The number of hydrogen-bond acceptors (Lipinski definition) is 5. The van der Waals surface area contributed by atoms with Gasteiger partial charge in [0.2, 0.25) is 0 Å². The third-order valence-corrected chi connectivity index (χ3v) is 3.86. The molecule has 1 atom stereocenters. The van der Waals surface area contributed by atoms with Crippen LogP contribution in [0, 0.1) is 0 Å². The maximum Gasteiger partial charge on any atom is 0.0698 e. The summed E-state index contributed by atoms with van der Waals surface area (Å²) in [5, 5.41) is 8.74. The van der Waals surface area contributed by atoms with Gasteiger partial charge in [0.15, 0.2) is 0 Å². The fraction of sp³-hybridized carbons (Fsp3) is 0.625. The van der Waals surface area contributed by atoms with E-state index in [4.69, 9.17) is 15.6 Å². The maximum atomic E-state index is 8.74. The molecule has 3 N–H and O–H groups in total. The highest BCUT2D eigenvalue weighted by Gasteiger charge is 2.28. The van der Waals surface area contributed by atoms with Crippen LogP contribution in [0.2, 0.25) is 0 Å². The van der Waals surface area contributed by atoms with Gasteiger partial charge in [-0.15, -0.1) is 0 Å². The third-order valence-electron chi connectivity index (χ3n) is 3.86. The van der Waals surface area contributed by atoms with Gasteiger partial charge in [0, 0.05) is 32.2 Å². The number of rotatable bonds is 8. The summed E-state index contributed by atoms with van der Waals surface area (Å²) in [5.74, 6) is 0. The first-order valence-corrected chi connectivity index (χ1v) is 7.55. The van der Waals surface area contributed by atoms with E-state index in [0.717, 1.165) is 19.6 Å². The zero-order valence-electron chi connectivity index (χ0n) is 13.1. The van der Waals surface area contributed by atoms with Gasteiger partial charge < -0.3 is 20.5 Å². The van der Waals surface area contributed by atoms with E-state index >= 15 is 0 Å². The number of aliphatic hydroxyl groups is 1. The van der Waals surface area contributed by atoms with Crippen LogP contribution < -0.4 is 5.73 Å². The van der Waals surface area contributed by atoms with Crippen molar-refractivity contribution in [1.29, 1.82) is 0 Å². The van der Waals surface area contributed by atoms with Crippen molar-refractivity contribution >= 4 is 0 Å². The number of benzene rings is 1. The largest absolute Gasteiger partial charge is 0.394 e. The van der Waals surface area contributed by atoms with Gasteiger partial charge >= 0.3 is 0 Å². The van der Waals surface area contributed by atoms with Crippen LogP contribution in [0.25, 0.3) is 0 Å². The lowest BCUT2D eigenvalue weighted by Crippen LogP contribution is -2.31. The van der Waals surface area contributed by atoms with Crippen molar-refractivity contribution in [2.75, 3.05) is 47.0 Å². The summed E-state index contributed by atoms with van der Waals surface area (Å²) in [5.41, 5.74) is 10.0. The molecule has 1 aliphatic heterocycles. The first-order chi connectivity index (χ1) is 10.2. The van der Waals surface area contributed by atoms with Crippen molar-refractivity contribution in [2.45, 2.75) is 19.1 Å². The molecule has 0 saturated carbocycles. The SMILES string of the molecule is CN(C)Cc1ccc2c(c1)C(CN)N(CCOCCO)C2. The van der Waals surface area contributed by atoms with E-state index in [0.29, 0.717) is 19.8 Å². The molecule has 1 aromatic carbocycles. The molecule has 5 heteroatoms. The second-order valence-electron chi connectivity index (χ2n) is 5.83. The van der Waals surface area contributed by atoms with Crippen LogP contribution in [0.4, 0.5) is 0 Å². The third kappa shape index (κ3) is 4.25. The van der Waals surface area contributed by atoms with Gasteiger partial charge in [0.25, 0.3) is 0 Å². The summed E-state index contributed by atoms with van der Waals surface area (Å²) >= 11 is 0. The summed E-state index contributed by atoms with van der Waals surface area (Å²) in [6.45, 7) is 4.47. The van der Waals surface area contributed by atoms with E-state index in [1.54, 1.807) is 0 Å². The molecule has 1 aliphatic rings. The maximum absolute atomic E-state index is 8.74. The molecule has 5 nitrogen and oxygen atoms in total. The minimum absolute atomic E-state index is 0.0778. The highest BCUT2D eigenvalue weighted by Crippen LogP contribution is 2.33. The van der Waals surface area contributed by atoms with Crippen molar-refractivity contribution in [3.05, 3.63) is 34.9 Å². The molecule has 2 rings (SSSR count). The fourth-order valence-corrected chi connectivity index (χ4v) is 2.95. The van der Waals surface area contributed by atoms with E-state index in [2.05, 4.69) is 42.1 Å². The van der Waals surface area contributed by atoms with Gasteiger partial charge in [-0.1, -0.05) is 18.2 Å². The van der Waals surface area contributed by atoms with Gasteiger partial charge in [-0.2, -0.15) is 0 Å². The molecule has 0 bridgehead atoms. The Bertz CT molecular complexity index is 451. The van der Waals surface area contributed by atoms with Gasteiger partial charge in [-0.05, 0) is 30.8 Å². The number of nitrogens with two attached hydrogens (primary N) is 1. The summed E-state index contributed by atoms with van der Waals surface area (Å²) in [6.07, 6.45) is 0. The van der Waals surface area contributed by atoms with Gasteiger partial charge in [-0.25, -0.2) is 0 Å². The smallest absolute Gasteiger partial charge is 0.0698 e. The Hall–Kier alpha value is -0.980. The number of nitrogens with zero attached hydrogens (tertiary/aromatic N) is 2. The Labute approximate surface area is 127 Å². The lowest BCUT2D eigenvalue weighted by atomic mass is 10.0. The molecule has 1 aromatic rings. The average molecular weight is 293 g/mol. The standard InChI is InChI=1S/C16H27N3O2/c1-18(2)11-13-3-4-14-12-19(5-7-21-8-6-20)16(10-17)15(14)9-13/h3-4,9,16,20H,5-8,10-12,17H2,1-2H3. The highest BCUT2D eigenvalue weighted by molar-refractivity contribution is 5.38. The molecule has 1 heterocycles. The van der Waals surface area contributed by atoms with Crippen molar-refractivity contribution < 1.29 is 9.84 Å². The molecule has 0 aromatic heterocycles. The number of hydrogen-bond donors (Lipinski definition) is 2. The molecular formula is C16H27N3O2. The van der Waals surface area contributed by atoms with Crippen molar-refractivity contribution in [1.82, 2.24) is 9.80 Å². The quantitative estimate of drug-likeness (QED) is 0.686. The topological polar surface area (TPSA) is 62.0 Å². The molecule has 0 aliphatic carbocycles. The van der Waals surface area contributed by atoms with Crippen molar-refractivity contribution in [3.63, 3.8) is 0 Å². The Morgan fingerprint density at radius 1 is 1.38 bits per heavy atom. The van der Waals surface area contributed by atoms with Crippen LogP contribution in [0.5, 0.6) is 0 Å². The van der Waals surface area contributed by atoms with Gasteiger partial charge in [0.1, 0.15) is 0 Å². The Morgan fingerprint density at radius 3 is 2.86 bits per heavy atom. The molecule has 118 valence electrons. The monoisotopic (exact) mass is 293 g/mol. The first-order valence-electron chi connectivity index (χ1n) is 7.55. The predicted molar refractivity (Wildman–Crippen MR) is 83.9 cm³/mol. The van der Waals surface area contributed by atoms with Crippen molar-refractivity contribution in [3.8, 4) is 0 Å². The number of ether oxygens (including phenoxy) is 1. The lowest BCUT2D eigenvalue weighted by molar-refractivity contribution is 0.0657. The van der Waals surface area contributed by atoms with Crippen LogP contribution in [-0.2, 0) is 17.8 Å². The minimum Gasteiger partial charge on any atom is -0.394 e. The Balaban J connectivity index is 2.02. The molecule has 21 heavy (non-hydrogen) atoms. The van der Waals surface area contributed by atoms with E-state index in [1.165, 1.54) is 16.7 Å². The van der Waals surface area contributed by atoms with Crippen LogP contribution >= 0.6 is 0 Å². The van der Waals surface area contributed by atoms with E-state index in [9.17, 15) is 0 Å². The highest BCUT2D eigenvalue weighted by atomic mass is 16.5.